The maximum absolute atomic E-state index is 12.8. The molecule has 0 atom stereocenters. The van der Waals surface area contributed by atoms with Gasteiger partial charge in [0.2, 0.25) is 0 Å². The van der Waals surface area contributed by atoms with E-state index >= 15 is 0 Å². The maximum atomic E-state index is 12.8. The number of para-hydroxylation sites is 1. The van der Waals surface area contributed by atoms with Crippen LogP contribution < -0.4 is 15.5 Å². The Labute approximate surface area is 223 Å². The molecule has 2 aliphatic rings. The van der Waals surface area contributed by atoms with Crippen molar-refractivity contribution in [3.8, 4) is 11.1 Å². The number of aryl methyl sites for hydroxylation is 1. The van der Waals surface area contributed by atoms with Crippen LogP contribution in [0.1, 0.15) is 24.8 Å². The Morgan fingerprint density at radius 1 is 1.11 bits per heavy atom. The van der Waals surface area contributed by atoms with Crippen molar-refractivity contribution in [2.75, 3.05) is 29.1 Å². The summed E-state index contributed by atoms with van der Waals surface area (Å²) < 4.78 is 1.96. The summed E-state index contributed by atoms with van der Waals surface area (Å²) in [4.78, 5) is 19.0. The molecule has 2 aromatic carbocycles. The maximum Gasteiger partial charge on any atom is 0.164 e. The molecule has 38 heavy (non-hydrogen) atoms. The molecule has 0 bridgehead atoms. The van der Waals surface area contributed by atoms with Gasteiger partial charge in [-0.3, -0.25) is 9.79 Å². The minimum Gasteiger partial charge on any atom is -0.381 e. The summed E-state index contributed by atoms with van der Waals surface area (Å²) in [5, 5.41) is 14.6. The second-order valence-corrected chi connectivity index (χ2v) is 9.45. The van der Waals surface area contributed by atoms with Gasteiger partial charge < -0.3 is 25.5 Å². The summed E-state index contributed by atoms with van der Waals surface area (Å²) in [6.45, 7) is 4.97. The number of nitrogens with one attached hydrogen (secondary N) is 3. The number of carbonyl (C=O) groups is 1. The molecule has 0 saturated heterocycles. The lowest BCUT2D eigenvalue weighted by molar-refractivity contribution is -0.115. The van der Waals surface area contributed by atoms with Crippen LogP contribution in [0, 0.1) is 5.41 Å². The third-order valence-electron chi connectivity index (χ3n) is 7.05. The van der Waals surface area contributed by atoms with E-state index in [1.165, 1.54) is 6.21 Å². The fourth-order valence-corrected chi connectivity index (χ4v) is 5.14. The Kier molecular flexibility index (Phi) is 7.09. The number of hydrogen-bond donors (Lipinski definition) is 3. The average Bonchev–Trinajstić information content (AvgIpc) is 3.26. The molecule has 1 aliphatic carbocycles. The summed E-state index contributed by atoms with van der Waals surface area (Å²) in [6, 6.07) is 18.3. The van der Waals surface area contributed by atoms with Crippen LogP contribution >= 0.6 is 0 Å². The quantitative estimate of drug-likeness (QED) is 0.254. The van der Waals surface area contributed by atoms with Crippen LogP contribution in [0.5, 0.6) is 0 Å². The summed E-state index contributed by atoms with van der Waals surface area (Å²) in [5.74, 6) is 1.02. The van der Waals surface area contributed by atoms with Crippen LogP contribution in [0.2, 0.25) is 0 Å². The lowest BCUT2D eigenvalue weighted by Crippen LogP contribution is -2.32. The SMILES string of the molecule is C=C1C(CNc2ccc(-c3cn(C)c(NC=NC)c3C=N)cc2)=CC2=C(CCCC2=O)N1c1ccccc1. The van der Waals surface area contributed by atoms with E-state index in [1.54, 1.807) is 13.4 Å². The van der Waals surface area contributed by atoms with Crippen molar-refractivity contribution in [1.82, 2.24) is 4.57 Å². The number of rotatable bonds is 8. The largest absolute Gasteiger partial charge is 0.381 e. The molecule has 2 heterocycles. The monoisotopic (exact) mass is 504 g/mol. The van der Waals surface area contributed by atoms with Crippen LogP contribution in [0.15, 0.2) is 101 Å². The van der Waals surface area contributed by atoms with E-state index in [2.05, 4.69) is 39.2 Å². The van der Waals surface area contributed by atoms with E-state index in [1.807, 2.05) is 66.4 Å². The van der Waals surface area contributed by atoms with Crippen LogP contribution in [0.3, 0.4) is 0 Å². The molecule has 7 nitrogen and oxygen atoms in total. The number of hydrogen-bond acceptors (Lipinski definition) is 5. The number of aromatic nitrogens is 1. The van der Waals surface area contributed by atoms with Gasteiger partial charge in [-0.1, -0.05) is 36.9 Å². The third-order valence-corrected chi connectivity index (χ3v) is 7.05. The number of anilines is 3. The molecule has 0 spiro atoms. The highest BCUT2D eigenvalue weighted by Crippen LogP contribution is 2.39. The Balaban J connectivity index is 1.37. The fraction of sp³-hybridized carbons (Fsp3) is 0.194. The zero-order valence-electron chi connectivity index (χ0n) is 21.8. The minimum atomic E-state index is 0.200. The first-order chi connectivity index (χ1) is 18.5. The van der Waals surface area contributed by atoms with E-state index in [-0.39, 0.29) is 5.78 Å². The summed E-state index contributed by atoms with van der Waals surface area (Å²) in [6.07, 6.45) is 9.34. The second kappa shape index (κ2) is 10.8. The first-order valence-electron chi connectivity index (χ1n) is 12.7. The van der Waals surface area contributed by atoms with Gasteiger partial charge in [0.05, 0.1) is 6.34 Å². The Morgan fingerprint density at radius 3 is 2.58 bits per heavy atom. The zero-order valence-corrected chi connectivity index (χ0v) is 21.8. The molecule has 3 aromatic rings. The van der Waals surface area contributed by atoms with Crippen molar-refractivity contribution in [3.05, 3.63) is 102 Å². The summed E-state index contributed by atoms with van der Waals surface area (Å²) in [7, 11) is 3.65. The molecule has 0 radical (unpaired) electrons. The molecule has 0 fully saturated rings. The van der Waals surface area contributed by atoms with E-state index in [9.17, 15) is 4.79 Å². The molecule has 0 saturated carbocycles. The highest BCUT2D eigenvalue weighted by atomic mass is 16.1. The van der Waals surface area contributed by atoms with Gasteiger partial charge in [-0.2, -0.15) is 0 Å². The fourth-order valence-electron chi connectivity index (χ4n) is 5.14. The van der Waals surface area contributed by atoms with Gasteiger partial charge in [-0.05, 0) is 54.3 Å². The van der Waals surface area contributed by atoms with Crippen molar-refractivity contribution in [1.29, 1.82) is 5.41 Å². The van der Waals surface area contributed by atoms with Gasteiger partial charge in [0.1, 0.15) is 5.82 Å². The normalized spacial score (nSPS) is 15.5. The smallest absolute Gasteiger partial charge is 0.164 e. The second-order valence-electron chi connectivity index (χ2n) is 9.45. The molecule has 3 N–H and O–H groups in total. The topological polar surface area (TPSA) is 85.5 Å². The predicted octanol–water partition coefficient (Wildman–Crippen LogP) is 6.14. The molecular formula is C31H32N6O. The van der Waals surface area contributed by atoms with Gasteiger partial charge in [-0.25, -0.2) is 0 Å². The number of carbonyl (C=O) groups excluding carboxylic acids is 1. The van der Waals surface area contributed by atoms with E-state index in [4.69, 9.17) is 5.41 Å². The van der Waals surface area contributed by atoms with Crippen LogP contribution in [0.25, 0.3) is 11.1 Å². The zero-order chi connectivity index (χ0) is 26.6. The van der Waals surface area contributed by atoms with E-state index in [0.29, 0.717) is 13.0 Å². The van der Waals surface area contributed by atoms with Crippen LogP contribution in [0.4, 0.5) is 17.2 Å². The number of benzene rings is 2. The summed E-state index contributed by atoms with van der Waals surface area (Å²) in [5.41, 5.74) is 8.53. The molecular weight excluding hydrogens is 472 g/mol. The van der Waals surface area contributed by atoms with Gasteiger partial charge in [-0.15, -0.1) is 0 Å². The minimum absolute atomic E-state index is 0.200. The van der Waals surface area contributed by atoms with Crippen molar-refractivity contribution in [2.45, 2.75) is 19.3 Å². The lowest BCUT2D eigenvalue weighted by Gasteiger charge is -2.37. The number of Topliss-reactive ketones (excluding diaryl/α,β-unsaturated/α-hetero) is 1. The Morgan fingerprint density at radius 2 is 1.87 bits per heavy atom. The van der Waals surface area contributed by atoms with Gasteiger partial charge in [0.15, 0.2) is 5.78 Å². The average molecular weight is 505 g/mol. The number of nitrogens with zero attached hydrogens (tertiary/aromatic N) is 3. The molecule has 0 unspecified atom stereocenters. The van der Waals surface area contributed by atoms with Crippen molar-refractivity contribution < 1.29 is 4.79 Å². The highest BCUT2D eigenvalue weighted by Gasteiger charge is 2.30. The van der Waals surface area contributed by atoms with Crippen LogP contribution in [-0.2, 0) is 11.8 Å². The van der Waals surface area contributed by atoms with E-state index < -0.39 is 0 Å². The van der Waals surface area contributed by atoms with Crippen LogP contribution in [-0.4, -0.2) is 36.5 Å². The first-order valence-corrected chi connectivity index (χ1v) is 12.7. The van der Waals surface area contributed by atoms with Crippen molar-refractivity contribution >= 4 is 35.5 Å². The number of allylic oxidation sites excluding steroid dienone is 3. The molecule has 1 aromatic heterocycles. The number of ketones is 1. The number of aliphatic imine (C=N–C) groups is 1. The molecule has 7 heteroatoms. The molecule has 1 aliphatic heterocycles. The highest BCUT2D eigenvalue weighted by molar-refractivity contribution is 6.02. The molecule has 5 rings (SSSR count). The third kappa shape index (κ3) is 4.70. The van der Waals surface area contributed by atoms with Gasteiger partial charge in [0, 0.05) is 78.9 Å². The molecule has 192 valence electrons. The van der Waals surface area contributed by atoms with Crippen molar-refractivity contribution in [2.24, 2.45) is 12.0 Å². The van der Waals surface area contributed by atoms with E-state index in [0.717, 1.165) is 69.3 Å². The molecule has 0 amide bonds. The predicted molar refractivity (Wildman–Crippen MR) is 157 cm³/mol. The Hall–Kier alpha value is -4.65. The van der Waals surface area contributed by atoms with Gasteiger partial charge >= 0.3 is 0 Å². The first kappa shape index (κ1) is 25.0. The van der Waals surface area contributed by atoms with Crippen molar-refractivity contribution in [3.63, 3.8) is 0 Å². The Bertz CT molecular complexity index is 1470. The summed E-state index contributed by atoms with van der Waals surface area (Å²) >= 11 is 0. The lowest BCUT2D eigenvalue weighted by atomic mass is 9.88. The van der Waals surface area contributed by atoms with Gasteiger partial charge in [0.25, 0.3) is 0 Å². The standard InChI is InChI=1S/C31H32N6O/c1-21-23(16-26-29(10-7-11-30(26)38)37(21)25-8-5-4-6-9-25)18-34-24-14-12-22(13-15-24)28-19-36(3)31(27(28)17-32)35-20-33-2/h4-6,8-9,12-17,19-20,32,34H,1,7,10-11,18H2,2-3H3,(H,33,35).